The summed E-state index contributed by atoms with van der Waals surface area (Å²) in [4.78, 5) is 11.5. The Morgan fingerprint density at radius 3 is 2.69 bits per heavy atom. The molecule has 0 aliphatic rings. The van der Waals surface area contributed by atoms with Crippen LogP contribution < -0.4 is 4.74 Å². The van der Waals surface area contributed by atoms with E-state index in [0.717, 1.165) is 6.26 Å². The molecule has 16 heavy (non-hydrogen) atoms. The molecule has 1 aromatic rings. The van der Waals surface area contributed by atoms with Crippen LogP contribution in [0.15, 0.2) is 30.5 Å². The fraction of sp³-hybridized carbons (Fsp3) is 0.250. The molecule has 4 heteroatoms. The lowest BCUT2D eigenvalue weighted by atomic mass is 10.1. The van der Waals surface area contributed by atoms with Crippen molar-refractivity contribution >= 4 is 11.5 Å². The van der Waals surface area contributed by atoms with E-state index in [4.69, 9.17) is 14.6 Å². The molecule has 0 fully saturated rings. The molecule has 0 saturated carbocycles. The van der Waals surface area contributed by atoms with Gasteiger partial charge in [0.15, 0.2) is 0 Å². The number of hydrogen-bond acceptors (Lipinski definition) is 4. The first-order chi connectivity index (χ1) is 7.74. The molecule has 1 rings (SSSR count). The number of ether oxygens (including phenoxy) is 2. The molecule has 0 amide bonds. The van der Waals surface area contributed by atoms with E-state index in [1.54, 1.807) is 31.2 Å². The molecule has 0 heterocycles. The van der Waals surface area contributed by atoms with Gasteiger partial charge >= 0.3 is 5.97 Å². The summed E-state index contributed by atoms with van der Waals surface area (Å²) < 4.78 is 9.92. The first kappa shape index (κ1) is 12.1. The van der Waals surface area contributed by atoms with Crippen molar-refractivity contribution < 1.29 is 19.4 Å². The Morgan fingerprint density at radius 2 is 2.12 bits per heavy atom. The Balaban J connectivity index is 3.09. The monoisotopic (exact) mass is 222 g/mol. The van der Waals surface area contributed by atoms with Gasteiger partial charge < -0.3 is 14.6 Å². The highest BCUT2D eigenvalue weighted by Crippen LogP contribution is 2.26. The van der Waals surface area contributed by atoms with Gasteiger partial charge in [-0.15, -0.1) is 0 Å². The van der Waals surface area contributed by atoms with Crippen LogP contribution in [0.1, 0.15) is 12.5 Å². The van der Waals surface area contributed by atoms with E-state index in [1.807, 2.05) is 0 Å². The van der Waals surface area contributed by atoms with Crippen molar-refractivity contribution in [3.05, 3.63) is 36.1 Å². The van der Waals surface area contributed by atoms with Gasteiger partial charge in [-0.3, -0.25) is 0 Å². The third-order valence-electron chi connectivity index (χ3n) is 2.02. The zero-order valence-corrected chi connectivity index (χ0v) is 9.27. The van der Waals surface area contributed by atoms with Crippen LogP contribution in [0.3, 0.4) is 0 Å². The number of aliphatic hydroxyl groups excluding tert-OH is 1. The normalized spacial score (nSPS) is 11.0. The van der Waals surface area contributed by atoms with Gasteiger partial charge in [0.25, 0.3) is 0 Å². The van der Waals surface area contributed by atoms with Crippen LogP contribution >= 0.6 is 0 Å². The number of para-hydroxylation sites is 1. The highest BCUT2D eigenvalue weighted by atomic mass is 16.5. The van der Waals surface area contributed by atoms with E-state index in [2.05, 4.69) is 0 Å². The van der Waals surface area contributed by atoms with Gasteiger partial charge in [-0.25, -0.2) is 4.79 Å². The number of rotatable bonds is 4. The van der Waals surface area contributed by atoms with Gasteiger partial charge in [0, 0.05) is 5.56 Å². The zero-order chi connectivity index (χ0) is 12.0. The quantitative estimate of drug-likeness (QED) is 0.482. The van der Waals surface area contributed by atoms with Crippen molar-refractivity contribution in [3.8, 4) is 5.75 Å². The molecule has 0 atom stereocenters. The van der Waals surface area contributed by atoms with Gasteiger partial charge in [0.05, 0.1) is 20.0 Å². The van der Waals surface area contributed by atoms with Crippen LogP contribution in [0.5, 0.6) is 5.75 Å². The SMILES string of the molecule is CCOC(=O)C(=CO)c1ccccc1OC. The molecule has 0 radical (unpaired) electrons. The number of methoxy groups -OCH3 is 1. The first-order valence-electron chi connectivity index (χ1n) is 4.89. The topological polar surface area (TPSA) is 55.8 Å². The molecular formula is C12H14O4. The van der Waals surface area contributed by atoms with Crippen molar-refractivity contribution in [1.82, 2.24) is 0 Å². The Kier molecular flexibility index (Phi) is 4.39. The predicted octanol–water partition coefficient (Wildman–Crippen LogP) is 2.16. The number of carbonyl (C=O) groups is 1. The minimum absolute atomic E-state index is 0.0827. The average Bonchev–Trinajstić information content (AvgIpc) is 2.31. The number of benzene rings is 1. The second kappa shape index (κ2) is 5.80. The molecule has 4 nitrogen and oxygen atoms in total. The van der Waals surface area contributed by atoms with Crippen LogP contribution in [0.2, 0.25) is 0 Å². The Hall–Kier alpha value is -1.97. The Labute approximate surface area is 94.1 Å². The van der Waals surface area contributed by atoms with Crippen LogP contribution in [0.25, 0.3) is 5.57 Å². The molecular weight excluding hydrogens is 208 g/mol. The summed E-state index contributed by atoms with van der Waals surface area (Å²) in [6, 6.07) is 6.92. The molecule has 0 bridgehead atoms. The van der Waals surface area contributed by atoms with Gasteiger partial charge in [-0.1, -0.05) is 18.2 Å². The molecule has 0 saturated heterocycles. The minimum Gasteiger partial charge on any atom is -0.515 e. The molecule has 1 aromatic carbocycles. The van der Waals surface area contributed by atoms with Crippen LogP contribution in [-0.2, 0) is 9.53 Å². The summed E-state index contributed by atoms with van der Waals surface area (Å²) in [5, 5.41) is 9.08. The lowest BCUT2D eigenvalue weighted by Crippen LogP contribution is -2.07. The minimum atomic E-state index is -0.575. The fourth-order valence-electron chi connectivity index (χ4n) is 1.31. The lowest BCUT2D eigenvalue weighted by Gasteiger charge is -2.09. The summed E-state index contributed by atoms with van der Waals surface area (Å²) in [7, 11) is 1.50. The molecule has 0 aromatic heterocycles. The van der Waals surface area contributed by atoms with Gasteiger partial charge in [-0.2, -0.15) is 0 Å². The van der Waals surface area contributed by atoms with Crippen LogP contribution in [0.4, 0.5) is 0 Å². The van der Waals surface area contributed by atoms with E-state index >= 15 is 0 Å². The van der Waals surface area contributed by atoms with E-state index in [0.29, 0.717) is 11.3 Å². The average molecular weight is 222 g/mol. The van der Waals surface area contributed by atoms with Crippen molar-refractivity contribution in [2.24, 2.45) is 0 Å². The molecule has 0 aliphatic carbocycles. The second-order valence-corrected chi connectivity index (χ2v) is 2.96. The van der Waals surface area contributed by atoms with E-state index in [9.17, 15) is 4.79 Å². The molecule has 0 unspecified atom stereocenters. The van der Waals surface area contributed by atoms with E-state index in [1.165, 1.54) is 7.11 Å². The maximum Gasteiger partial charge on any atom is 0.342 e. The highest BCUT2D eigenvalue weighted by molar-refractivity contribution is 6.16. The summed E-state index contributed by atoms with van der Waals surface area (Å²) in [6.07, 6.45) is 0.732. The van der Waals surface area contributed by atoms with E-state index in [-0.39, 0.29) is 12.2 Å². The predicted molar refractivity (Wildman–Crippen MR) is 60.2 cm³/mol. The summed E-state index contributed by atoms with van der Waals surface area (Å²) in [5.41, 5.74) is 0.588. The number of carbonyl (C=O) groups excluding carboxylic acids is 1. The summed E-state index contributed by atoms with van der Waals surface area (Å²) in [5.74, 6) is -0.0645. The van der Waals surface area contributed by atoms with Gasteiger partial charge in [0.1, 0.15) is 11.3 Å². The molecule has 86 valence electrons. The first-order valence-corrected chi connectivity index (χ1v) is 4.89. The number of esters is 1. The zero-order valence-electron chi connectivity index (χ0n) is 9.27. The molecule has 0 aliphatic heterocycles. The van der Waals surface area contributed by atoms with Crippen LogP contribution in [-0.4, -0.2) is 24.8 Å². The van der Waals surface area contributed by atoms with Crippen molar-refractivity contribution in [1.29, 1.82) is 0 Å². The third kappa shape index (κ3) is 2.53. The number of hydrogen-bond donors (Lipinski definition) is 1. The Bertz CT molecular complexity index is 396. The van der Waals surface area contributed by atoms with Crippen molar-refractivity contribution in [2.75, 3.05) is 13.7 Å². The second-order valence-electron chi connectivity index (χ2n) is 2.96. The maximum atomic E-state index is 11.5. The van der Waals surface area contributed by atoms with Gasteiger partial charge in [0.2, 0.25) is 0 Å². The smallest absolute Gasteiger partial charge is 0.342 e. The largest absolute Gasteiger partial charge is 0.515 e. The molecule has 1 N–H and O–H groups in total. The summed E-state index contributed by atoms with van der Waals surface area (Å²) >= 11 is 0. The Morgan fingerprint density at radius 1 is 1.44 bits per heavy atom. The highest BCUT2D eigenvalue weighted by Gasteiger charge is 2.16. The fourth-order valence-corrected chi connectivity index (χ4v) is 1.31. The van der Waals surface area contributed by atoms with Crippen molar-refractivity contribution in [3.63, 3.8) is 0 Å². The lowest BCUT2D eigenvalue weighted by molar-refractivity contribution is -0.136. The van der Waals surface area contributed by atoms with Gasteiger partial charge in [-0.05, 0) is 13.0 Å². The maximum absolute atomic E-state index is 11.5. The number of aliphatic hydroxyl groups is 1. The van der Waals surface area contributed by atoms with Crippen LogP contribution in [0, 0.1) is 0 Å². The summed E-state index contributed by atoms with van der Waals surface area (Å²) in [6.45, 7) is 1.96. The molecule has 0 spiro atoms. The van der Waals surface area contributed by atoms with Crippen molar-refractivity contribution in [2.45, 2.75) is 6.92 Å². The van der Waals surface area contributed by atoms with E-state index < -0.39 is 5.97 Å². The third-order valence-corrected chi connectivity index (χ3v) is 2.02. The standard InChI is InChI=1S/C12H14O4/c1-3-16-12(14)10(8-13)9-6-4-5-7-11(9)15-2/h4-8,13H,3H2,1-2H3.